The van der Waals surface area contributed by atoms with Gasteiger partial charge in [-0.25, -0.2) is 0 Å². The normalized spacial score (nSPS) is 12.0. The first kappa shape index (κ1) is 80.9. The molecule has 0 heterocycles. The van der Waals surface area contributed by atoms with Gasteiger partial charge in [0.1, 0.15) is 0 Å². The zero-order chi connectivity index (χ0) is 59.8. The van der Waals surface area contributed by atoms with Crippen LogP contribution in [-0.2, 0) is 123 Å². The minimum Gasteiger partial charge on any atom is -0.481 e. The minimum atomic E-state index is -0.950. The number of amides is 1. The van der Waals surface area contributed by atoms with Gasteiger partial charge >= 0.3 is 5.97 Å². The van der Waals surface area contributed by atoms with Crippen molar-refractivity contribution in [3.05, 3.63) is 0 Å². The van der Waals surface area contributed by atoms with Crippen LogP contribution in [0.1, 0.15) is 12.8 Å². The highest BCUT2D eigenvalue weighted by atomic mass is 16.6. The number of carboxylic acids is 1. The van der Waals surface area contributed by atoms with Crippen LogP contribution >= 0.6 is 0 Å². The lowest BCUT2D eigenvalue weighted by atomic mass is 10.1. The number of carboxylic acid groups (broad SMARTS) is 1. The van der Waals surface area contributed by atoms with E-state index >= 15 is 0 Å². The molecule has 0 saturated carbocycles. The topological polar surface area (TPSA) is 316 Å². The molecule has 0 radical (unpaired) electrons. The molecule has 29 nitrogen and oxygen atoms in total. The van der Waals surface area contributed by atoms with E-state index in [2.05, 4.69) is 11.1 Å². The summed E-state index contributed by atoms with van der Waals surface area (Å²) in [4.78, 5) is 22.4. The molecule has 0 aromatic carbocycles. The van der Waals surface area contributed by atoms with Crippen LogP contribution in [0.3, 0.4) is 0 Å². The standard InChI is InChI=1S/C54H108N2O27/c1-60-6-7-62-10-11-64-14-15-66-18-19-68-22-23-70-26-27-72-30-31-74-34-35-76-38-39-78-42-43-80-46-47-82-50-51-83-49-48-81-45-44-79-41-40-77-37-36-75-33-32-73-29-28-71-25-24-69-21-20-67-17-16-65-13-12-63-9-8-61-5-4-56-54(59)52(55)2-3-53(57)58/h52H,2-51,55H2,1H3,(H,56,59)(H,57,58)/p+1. The maximum absolute atomic E-state index is 11.8. The third kappa shape index (κ3) is 74.1. The minimum absolute atomic E-state index is 0.0909. The second kappa shape index (κ2) is 74.2. The average molecular weight is 1220 g/mol. The Hall–Kier alpha value is -2.06. The molecule has 0 aliphatic heterocycles. The van der Waals surface area contributed by atoms with E-state index in [4.69, 9.17) is 119 Å². The Labute approximate surface area is 493 Å². The van der Waals surface area contributed by atoms with Crippen molar-refractivity contribution in [2.75, 3.05) is 324 Å². The van der Waals surface area contributed by atoms with Crippen molar-refractivity contribution in [3.8, 4) is 0 Å². The molecule has 1 amide bonds. The zero-order valence-electron chi connectivity index (χ0n) is 50.2. The van der Waals surface area contributed by atoms with Crippen LogP contribution in [0, 0.1) is 0 Å². The molecule has 83 heavy (non-hydrogen) atoms. The van der Waals surface area contributed by atoms with Crippen molar-refractivity contribution >= 4 is 11.9 Å². The summed E-state index contributed by atoms with van der Waals surface area (Å²) in [6.45, 7) is 22.8. The van der Waals surface area contributed by atoms with Gasteiger partial charge in [0.2, 0.25) is 0 Å². The van der Waals surface area contributed by atoms with Crippen molar-refractivity contribution in [1.82, 2.24) is 5.32 Å². The summed E-state index contributed by atoms with van der Waals surface area (Å²) < 4.78 is 131. The molecular formula is C54H109N2O27+. The number of hydrogen-bond acceptors (Lipinski definition) is 26. The lowest BCUT2D eigenvalue weighted by Gasteiger charge is -2.10. The number of carbonyl (C=O) groups is 2. The zero-order valence-corrected chi connectivity index (χ0v) is 50.2. The number of nitrogens with one attached hydrogen (secondary N) is 1. The van der Waals surface area contributed by atoms with E-state index in [1.54, 1.807) is 7.11 Å². The van der Waals surface area contributed by atoms with Gasteiger partial charge in [-0.05, 0) is 0 Å². The van der Waals surface area contributed by atoms with E-state index in [9.17, 15) is 9.59 Å². The summed E-state index contributed by atoms with van der Waals surface area (Å²) in [6, 6.07) is -0.600. The van der Waals surface area contributed by atoms with Gasteiger partial charge in [-0.1, -0.05) is 0 Å². The van der Waals surface area contributed by atoms with Gasteiger partial charge in [0.25, 0.3) is 5.91 Å². The van der Waals surface area contributed by atoms with E-state index in [0.29, 0.717) is 317 Å². The highest BCUT2D eigenvalue weighted by molar-refractivity contribution is 5.80. The summed E-state index contributed by atoms with van der Waals surface area (Å²) in [6.07, 6.45) is 0.106. The summed E-state index contributed by atoms with van der Waals surface area (Å²) in [5.74, 6) is -1.24. The van der Waals surface area contributed by atoms with Crippen LogP contribution in [0.2, 0.25) is 0 Å². The molecule has 1 unspecified atom stereocenters. The van der Waals surface area contributed by atoms with Crippen LogP contribution in [0.15, 0.2) is 0 Å². The number of hydrogen-bond donors (Lipinski definition) is 3. The number of carbonyl (C=O) groups excluding carboxylic acids is 1. The predicted molar refractivity (Wildman–Crippen MR) is 297 cm³/mol. The molecule has 0 fully saturated rings. The number of methoxy groups -OCH3 is 1. The van der Waals surface area contributed by atoms with Gasteiger partial charge in [0, 0.05) is 20.1 Å². The molecule has 1 atom stereocenters. The predicted octanol–water partition coefficient (Wildman–Crippen LogP) is -1.39. The lowest BCUT2D eigenvalue weighted by molar-refractivity contribution is -0.405. The van der Waals surface area contributed by atoms with Gasteiger partial charge < -0.3 is 130 Å². The van der Waals surface area contributed by atoms with Crippen molar-refractivity contribution in [3.63, 3.8) is 0 Å². The third-order valence-electron chi connectivity index (χ3n) is 10.2. The molecule has 5 N–H and O–H groups in total. The average Bonchev–Trinajstić information content (AvgIpc) is 3.48. The maximum atomic E-state index is 11.8. The van der Waals surface area contributed by atoms with Gasteiger partial charge in [0.15, 0.2) is 6.04 Å². The van der Waals surface area contributed by atoms with E-state index in [0.717, 1.165) is 0 Å². The first-order valence-electron chi connectivity index (χ1n) is 29.2. The molecule has 29 heteroatoms. The molecular weight excluding hydrogens is 1110 g/mol. The van der Waals surface area contributed by atoms with Crippen LogP contribution < -0.4 is 11.1 Å². The SMILES string of the molecule is COCCOCCOCCOCCOCCOCCOCCOCCOCCOCCOCCOCCOCCOCCOCCOCCOCCOCCOCCOCCOCCOCCOCCOCCNC(=O)C([NH3+])CCC(=O)O. The smallest absolute Gasteiger partial charge is 0.303 e. The highest BCUT2D eigenvalue weighted by Gasteiger charge is 2.17. The molecule has 0 rings (SSSR count). The second-order valence-corrected chi connectivity index (χ2v) is 17.0. The van der Waals surface area contributed by atoms with E-state index < -0.39 is 12.0 Å². The number of rotatable bonds is 76. The monoisotopic (exact) mass is 1220 g/mol. The number of quaternary nitrogens is 1. The van der Waals surface area contributed by atoms with Crippen LogP contribution in [0.25, 0.3) is 0 Å². The van der Waals surface area contributed by atoms with Crippen molar-refractivity contribution in [2.45, 2.75) is 18.9 Å². The summed E-state index contributed by atoms with van der Waals surface area (Å²) in [7, 11) is 1.64. The van der Waals surface area contributed by atoms with E-state index in [1.165, 1.54) is 0 Å². The van der Waals surface area contributed by atoms with Crippen LogP contribution in [0.5, 0.6) is 0 Å². The summed E-state index contributed by atoms with van der Waals surface area (Å²) in [5.41, 5.74) is 3.67. The first-order chi connectivity index (χ1) is 41.1. The lowest BCUT2D eigenvalue weighted by Crippen LogP contribution is -2.67. The Bertz CT molecular complexity index is 1250. The molecule has 496 valence electrons. The number of ether oxygens (including phenoxy) is 24. The second-order valence-electron chi connectivity index (χ2n) is 17.0. The molecule has 0 spiro atoms. The summed E-state index contributed by atoms with van der Waals surface area (Å²) in [5, 5.41) is 11.3. The molecule has 0 aromatic rings. The third-order valence-corrected chi connectivity index (χ3v) is 10.2. The van der Waals surface area contributed by atoms with Crippen molar-refractivity contribution in [1.29, 1.82) is 0 Å². The number of aliphatic carboxylic acids is 1. The Morgan fingerprint density at radius 1 is 0.277 bits per heavy atom. The van der Waals surface area contributed by atoms with Crippen LogP contribution in [0.4, 0.5) is 0 Å². The Kier molecular flexibility index (Phi) is 72.4. The largest absolute Gasteiger partial charge is 0.481 e. The Morgan fingerprint density at radius 3 is 0.566 bits per heavy atom. The molecule has 0 aromatic heterocycles. The fraction of sp³-hybridized carbons (Fsp3) is 0.963. The van der Waals surface area contributed by atoms with E-state index in [1.807, 2.05) is 0 Å². The van der Waals surface area contributed by atoms with Gasteiger partial charge in [0.05, 0.1) is 317 Å². The molecule has 0 saturated heterocycles. The van der Waals surface area contributed by atoms with Gasteiger partial charge in [-0.15, -0.1) is 0 Å². The quantitative estimate of drug-likeness (QED) is 0.0590. The highest BCUT2D eigenvalue weighted by Crippen LogP contribution is 1.94. The van der Waals surface area contributed by atoms with Gasteiger partial charge in [-0.2, -0.15) is 0 Å². The molecule has 0 aliphatic rings. The fourth-order valence-corrected chi connectivity index (χ4v) is 5.90. The van der Waals surface area contributed by atoms with Crippen molar-refractivity contribution in [2.24, 2.45) is 0 Å². The van der Waals surface area contributed by atoms with Gasteiger partial charge in [-0.3, -0.25) is 9.59 Å². The molecule has 0 bridgehead atoms. The van der Waals surface area contributed by atoms with Crippen LogP contribution in [-0.4, -0.2) is 347 Å². The van der Waals surface area contributed by atoms with E-state index in [-0.39, 0.29) is 18.7 Å². The summed E-state index contributed by atoms with van der Waals surface area (Å²) >= 11 is 0. The Morgan fingerprint density at radius 2 is 0.422 bits per heavy atom. The van der Waals surface area contributed by atoms with Crippen molar-refractivity contribution < 1.29 is 134 Å². The first-order valence-corrected chi connectivity index (χ1v) is 29.2. The fourth-order valence-electron chi connectivity index (χ4n) is 5.90. The maximum Gasteiger partial charge on any atom is 0.303 e. The Balaban J connectivity index is 3.11. The molecule has 0 aliphatic carbocycles.